The van der Waals surface area contributed by atoms with Crippen molar-refractivity contribution in [3.8, 4) is 0 Å². The summed E-state index contributed by atoms with van der Waals surface area (Å²) in [5.41, 5.74) is 8.46. The summed E-state index contributed by atoms with van der Waals surface area (Å²) >= 11 is 1.27. The number of rotatable bonds is 3. The molecule has 3 aromatic rings. The quantitative estimate of drug-likeness (QED) is 0.570. The molecule has 0 aliphatic carbocycles. The van der Waals surface area contributed by atoms with Crippen molar-refractivity contribution in [1.82, 2.24) is 15.0 Å². The number of esters is 1. The fourth-order valence-electron chi connectivity index (χ4n) is 1.88. The van der Waals surface area contributed by atoms with E-state index < -0.39 is 5.97 Å². The van der Waals surface area contributed by atoms with Crippen LogP contribution in [0.3, 0.4) is 0 Å². The van der Waals surface area contributed by atoms with E-state index in [2.05, 4.69) is 15.0 Å². The number of hydrogen-bond donors (Lipinski definition) is 2. The SMILES string of the molecule is COC(=O)c1cccnc1Sc1nc2ccc(N)cc2[nH]1. The number of pyridine rings is 1. The molecule has 1 aromatic carbocycles. The highest BCUT2D eigenvalue weighted by molar-refractivity contribution is 7.99. The van der Waals surface area contributed by atoms with Crippen molar-refractivity contribution in [3.63, 3.8) is 0 Å². The Kier molecular flexibility index (Phi) is 3.49. The number of carbonyl (C=O) groups is 1. The van der Waals surface area contributed by atoms with Crippen molar-refractivity contribution in [3.05, 3.63) is 42.1 Å². The topological polar surface area (TPSA) is 93.9 Å². The molecule has 0 fully saturated rings. The molecule has 0 amide bonds. The Balaban J connectivity index is 1.97. The number of aromatic amines is 1. The van der Waals surface area contributed by atoms with E-state index in [0.29, 0.717) is 21.4 Å². The van der Waals surface area contributed by atoms with Crippen LogP contribution in [-0.4, -0.2) is 28.0 Å². The number of benzene rings is 1. The molecule has 0 bridgehead atoms. The predicted octanol–water partition coefficient (Wildman–Crippen LogP) is 2.48. The highest BCUT2D eigenvalue weighted by Crippen LogP contribution is 2.29. The fraction of sp³-hybridized carbons (Fsp3) is 0.0714. The lowest BCUT2D eigenvalue weighted by molar-refractivity contribution is 0.0596. The largest absolute Gasteiger partial charge is 0.465 e. The van der Waals surface area contributed by atoms with Gasteiger partial charge in [-0.3, -0.25) is 0 Å². The van der Waals surface area contributed by atoms with E-state index >= 15 is 0 Å². The van der Waals surface area contributed by atoms with E-state index in [0.717, 1.165) is 11.0 Å². The van der Waals surface area contributed by atoms with Crippen molar-refractivity contribution in [1.29, 1.82) is 0 Å². The van der Waals surface area contributed by atoms with Crippen molar-refractivity contribution >= 4 is 34.5 Å². The first-order valence-corrected chi connectivity index (χ1v) is 6.95. The lowest BCUT2D eigenvalue weighted by Crippen LogP contribution is -2.04. The highest BCUT2D eigenvalue weighted by atomic mass is 32.2. The summed E-state index contributed by atoms with van der Waals surface area (Å²) in [6.45, 7) is 0. The molecule has 106 valence electrons. The first-order chi connectivity index (χ1) is 10.2. The van der Waals surface area contributed by atoms with Gasteiger partial charge in [-0.2, -0.15) is 0 Å². The summed E-state index contributed by atoms with van der Waals surface area (Å²) in [6, 6.07) is 8.80. The number of fused-ring (bicyclic) bond motifs is 1. The van der Waals surface area contributed by atoms with Gasteiger partial charge in [0, 0.05) is 11.9 Å². The normalized spacial score (nSPS) is 10.7. The van der Waals surface area contributed by atoms with Gasteiger partial charge in [-0.05, 0) is 42.1 Å². The smallest absolute Gasteiger partial charge is 0.340 e. The van der Waals surface area contributed by atoms with E-state index in [4.69, 9.17) is 10.5 Å². The number of nitrogens with two attached hydrogens (primary N) is 1. The van der Waals surface area contributed by atoms with Crippen molar-refractivity contribution in [2.45, 2.75) is 10.2 Å². The molecule has 2 aromatic heterocycles. The Morgan fingerprint density at radius 3 is 3.05 bits per heavy atom. The number of anilines is 1. The maximum Gasteiger partial charge on any atom is 0.340 e. The maximum atomic E-state index is 11.7. The Morgan fingerprint density at radius 1 is 1.38 bits per heavy atom. The molecule has 0 unspecified atom stereocenters. The summed E-state index contributed by atoms with van der Waals surface area (Å²) in [7, 11) is 1.34. The molecule has 3 rings (SSSR count). The highest BCUT2D eigenvalue weighted by Gasteiger charge is 2.15. The van der Waals surface area contributed by atoms with E-state index in [-0.39, 0.29) is 0 Å². The van der Waals surface area contributed by atoms with Crippen molar-refractivity contribution in [2.75, 3.05) is 12.8 Å². The zero-order chi connectivity index (χ0) is 14.8. The molecule has 3 N–H and O–H groups in total. The van der Waals surface area contributed by atoms with Gasteiger partial charge in [-0.25, -0.2) is 14.8 Å². The number of ether oxygens (including phenoxy) is 1. The van der Waals surface area contributed by atoms with Crippen LogP contribution < -0.4 is 5.73 Å². The number of nitrogen functional groups attached to an aromatic ring is 1. The molecule has 0 saturated heterocycles. The molecular formula is C14H12N4O2S. The van der Waals surface area contributed by atoms with Crippen LogP contribution in [0.5, 0.6) is 0 Å². The predicted molar refractivity (Wildman–Crippen MR) is 80.2 cm³/mol. The minimum absolute atomic E-state index is 0.407. The average Bonchev–Trinajstić information content (AvgIpc) is 2.88. The number of nitrogens with zero attached hydrogens (tertiary/aromatic N) is 2. The Morgan fingerprint density at radius 2 is 2.24 bits per heavy atom. The van der Waals surface area contributed by atoms with Gasteiger partial charge in [0.05, 0.1) is 23.7 Å². The van der Waals surface area contributed by atoms with Crippen LogP contribution in [0.1, 0.15) is 10.4 Å². The van der Waals surface area contributed by atoms with Crippen LogP contribution in [0.2, 0.25) is 0 Å². The van der Waals surface area contributed by atoms with Crippen LogP contribution in [0.15, 0.2) is 46.7 Å². The summed E-state index contributed by atoms with van der Waals surface area (Å²) in [5.74, 6) is -0.425. The molecule has 7 heteroatoms. The molecule has 6 nitrogen and oxygen atoms in total. The molecule has 0 aliphatic rings. The second-order valence-corrected chi connectivity index (χ2v) is 5.25. The lowest BCUT2D eigenvalue weighted by Gasteiger charge is -2.03. The minimum atomic E-state index is -0.425. The van der Waals surface area contributed by atoms with Gasteiger partial charge in [-0.1, -0.05) is 0 Å². The Hall–Kier alpha value is -2.54. The standard InChI is InChI=1S/C14H12N4O2S/c1-20-13(19)9-3-2-6-16-12(9)21-14-17-10-5-4-8(15)7-11(10)18-14/h2-7H,15H2,1H3,(H,17,18). The van der Waals surface area contributed by atoms with Gasteiger partial charge in [-0.15, -0.1) is 0 Å². The first-order valence-electron chi connectivity index (χ1n) is 6.14. The number of carbonyl (C=O) groups excluding carboxylic acids is 1. The second kappa shape index (κ2) is 5.45. The first kappa shape index (κ1) is 13.4. The number of methoxy groups -OCH3 is 1. The summed E-state index contributed by atoms with van der Waals surface area (Å²) < 4.78 is 4.75. The maximum absolute atomic E-state index is 11.7. The van der Waals surface area contributed by atoms with Crippen molar-refractivity contribution < 1.29 is 9.53 Å². The molecular weight excluding hydrogens is 288 g/mol. The third-order valence-corrected chi connectivity index (χ3v) is 3.76. The summed E-state index contributed by atoms with van der Waals surface area (Å²) in [4.78, 5) is 23.5. The lowest BCUT2D eigenvalue weighted by atomic mass is 10.3. The van der Waals surface area contributed by atoms with Gasteiger partial charge in [0.1, 0.15) is 5.03 Å². The monoisotopic (exact) mass is 300 g/mol. The second-order valence-electron chi connectivity index (χ2n) is 4.27. The zero-order valence-electron chi connectivity index (χ0n) is 11.2. The van der Waals surface area contributed by atoms with Crippen LogP contribution in [0.4, 0.5) is 5.69 Å². The van der Waals surface area contributed by atoms with Gasteiger partial charge in [0.15, 0.2) is 5.16 Å². The fourth-order valence-corrected chi connectivity index (χ4v) is 2.74. The van der Waals surface area contributed by atoms with Crippen LogP contribution in [0.25, 0.3) is 11.0 Å². The number of nitrogens with one attached hydrogen (secondary N) is 1. The van der Waals surface area contributed by atoms with Gasteiger partial charge in [0.2, 0.25) is 0 Å². The van der Waals surface area contributed by atoms with E-state index in [1.807, 2.05) is 12.1 Å². The van der Waals surface area contributed by atoms with E-state index in [9.17, 15) is 4.79 Å². The number of aromatic nitrogens is 3. The van der Waals surface area contributed by atoms with Crippen LogP contribution in [-0.2, 0) is 4.74 Å². The van der Waals surface area contributed by atoms with Gasteiger partial charge in [0.25, 0.3) is 0 Å². The Labute approximate surface area is 124 Å². The van der Waals surface area contributed by atoms with E-state index in [1.54, 1.807) is 24.4 Å². The van der Waals surface area contributed by atoms with Crippen LogP contribution in [0, 0.1) is 0 Å². The average molecular weight is 300 g/mol. The molecule has 0 aliphatic heterocycles. The Bertz CT molecular complexity index is 816. The third-order valence-electron chi connectivity index (χ3n) is 2.85. The number of hydrogen-bond acceptors (Lipinski definition) is 6. The van der Waals surface area contributed by atoms with Gasteiger partial charge < -0.3 is 15.5 Å². The van der Waals surface area contributed by atoms with E-state index in [1.165, 1.54) is 18.9 Å². The molecule has 0 atom stereocenters. The number of imidazole rings is 1. The molecule has 0 spiro atoms. The molecule has 0 radical (unpaired) electrons. The summed E-state index contributed by atoms with van der Waals surface area (Å²) in [6.07, 6.45) is 1.62. The van der Waals surface area contributed by atoms with Gasteiger partial charge >= 0.3 is 5.97 Å². The van der Waals surface area contributed by atoms with Crippen molar-refractivity contribution in [2.24, 2.45) is 0 Å². The molecule has 0 saturated carbocycles. The molecule has 21 heavy (non-hydrogen) atoms. The zero-order valence-corrected chi connectivity index (χ0v) is 12.0. The minimum Gasteiger partial charge on any atom is -0.465 e. The molecule has 2 heterocycles. The van der Waals surface area contributed by atoms with Crippen LogP contribution >= 0.6 is 11.8 Å². The number of H-pyrrole nitrogens is 1. The summed E-state index contributed by atoms with van der Waals surface area (Å²) in [5, 5.41) is 1.18. The third kappa shape index (κ3) is 2.68.